The molecule has 1 aliphatic heterocycles. The van der Waals surface area contributed by atoms with Gasteiger partial charge in [0.15, 0.2) is 0 Å². The molecule has 28 heavy (non-hydrogen) atoms. The largest absolute Gasteiger partial charge is 0.492 e. The molecule has 1 N–H and O–H groups in total. The highest BCUT2D eigenvalue weighted by Gasteiger charge is 2.33. The van der Waals surface area contributed by atoms with Crippen LogP contribution in [0.25, 0.3) is 0 Å². The van der Waals surface area contributed by atoms with Crippen molar-refractivity contribution in [3.63, 3.8) is 0 Å². The number of nitrogens with one attached hydrogen (secondary N) is 1. The monoisotopic (exact) mass is 486 g/mol. The smallest absolute Gasteiger partial charge is 0.252 e. The van der Waals surface area contributed by atoms with Crippen molar-refractivity contribution >= 4 is 43.2 Å². The fourth-order valence-electron chi connectivity index (χ4n) is 3.10. The molecule has 6 nitrogen and oxygen atoms in total. The van der Waals surface area contributed by atoms with Gasteiger partial charge in [0.1, 0.15) is 16.6 Å². The third kappa shape index (κ3) is 5.34. The summed E-state index contributed by atoms with van der Waals surface area (Å²) in [6, 6.07) is 10.9. The molecule has 1 aliphatic rings. The number of piperidine rings is 1. The van der Waals surface area contributed by atoms with Crippen LogP contribution in [0.4, 0.5) is 0 Å². The van der Waals surface area contributed by atoms with Gasteiger partial charge in [-0.15, -0.1) is 11.3 Å². The van der Waals surface area contributed by atoms with Crippen LogP contribution < -0.4 is 10.1 Å². The number of carbonyl (C=O) groups excluding carboxylic acids is 1. The Bertz CT molecular complexity index is 930. The average Bonchev–Trinajstić information content (AvgIpc) is 3.12. The SMILES string of the molecule is Cc1ccc(S(=O)(=O)N2CCCC(C(=O)NCCOc3cccc(Br)c3)C2)s1. The number of benzene rings is 1. The van der Waals surface area contributed by atoms with Gasteiger partial charge in [0.05, 0.1) is 12.5 Å². The molecule has 152 valence electrons. The first-order valence-electron chi connectivity index (χ1n) is 9.09. The van der Waals surface area contributed by atoms with Crippen molar-refractivity contribution < 1.29 is 17.9 Å². The highest BCUT2D eigenvalue weighted by molar-refractivity contribution is 9.10. The number of amides is 1. The highest BCUT2D eigenvalue weighted by Crippen LogP contribution is 2.28. The van der Waals surface area contributed by atoms with Crippen LogP contribution in [0.1, 0.15) is 17.7 Å². The van der Waals surface area contributed by atoms with Crippen molar-refractivity contribution in [1.29, 1.82) is 0 Å². The van der Waals surface area contributed by atoms with Gasteiger partial charge in [0, 0.05) is 22.4 Å². The number of hydrogen-bond acceptors (Lipinski definition) is 5. The molecule has 0 bridgehead atoms. The molecule has 0 spiro atoms. The van der Waals surface area contributed by atoms with Crippen LogP contribution in [0.2, 0.25) is 0 Å². The van der Waals surface area contributed by atoms with Gasteiger partial charge in [-0.3, -0.25) is 4.79 Å². The van der Waals surface area contributed by atoms with E-state index in [0.29, 0.717) is 36.7 Å². The standard InChI is InChI=1S/C19H23BrN2O4S2/c1-14-7-8-18(27-14)28(24,25)22-10-3-4-15(13-22)19(23)21-9-11-26-17-6-2-5-16(20)12-17/h2,5-8,12,15H,3-4,9-11,13H2,1H3,(H,21,23). The normalized spacial score (nSPS) is 18.0. The van der Waals surface area contributed by atoms with Crippen LogP contribution in [0.5, 0.6) is 5.75 Å². The van der Waals surface area contributed by atoms with E-state index < -0.39 is 10.0 Å². The predicted molar refractivity (Wildman–Crippen MR) is 113 cm³/mol. The zero-order valence-electron chi connectivity index (χ0n) is 15.6. The van der Waals surface area contributed by atoms with Crippen molar-refractivity contribution in [3.8, 4) is 5.75 Å². The number of carbonyl (C=O) groups is 1. The molecule has 1 unspecified atom stereocenters. The van der Waals surface area contributed by atoms with E-state index in [1.165, 1.54) is 15.6 Å². The first-order valence-corrected chi connectivity index (χ1v) is 12.1. The van der Waals surface area contributed by atoms with E-state index in [-0.39, 0.29) is 18.4 Å². The van der Waals surface area contributed by atoms with Gasteiger partial charge in [-0.05, 0) is 50.1 Å². The van der Waals surface area contributed by atoms with E-state index in [4.69, 9.17) is 4.74 Å². The van der Waals surface area contributed by atoms with E-state index in [2.05, 4.69) is 21.2 Å². The summed E-state index contributed by atoms with van der Waals surface area (Å²) >= 11 is 4.65. The van der Waals surface area contributed by atoms with E-state index in [9.17, 15) is 13.2 Å². The molecular formula is C19H23BrN2O4S2. The second-order valence-electron chi connectivity index (χ2n) is 6.66. The molecule has 0 aliphatic carbocycles. The topological polar surface area (TPSA) is 75.7 Å². The van der Waals surface area contributed by atoms with Crippen LogP contribution in [-0.4, -0.2) is 44.9 Å². The van der Waals surface area contributed by atoms with Crippen LogP contribution >= 0.6 is 27.3 Å². The quantitative estimate of drug-likeness (QED) is 0.608. The fourth-order valence-corrected chi connectivity index (χ4v) is 6.44. The molecule has 0 saturated carbocycles. The molecule has 1 atom stereocenters. The molecule has 2 aromatic rings. The molecule has 2 heterocycles. The van der Waals surface area contributed by atoms with Gasteiger partial charge >= 0.3 is 0 Å². The molecular weight excluding hydrogens is 464 g/mol. The number of aryl methyl sites for hydroxylation is 1. The number of halogens is 1. The minimum Gasteiger partial charge on any atom is -0.492 e. The van der Waals surface area contributed by atoms with Crippen LogP contribution in [0.15, 0.2) is 45.1 Å². The Balaban J connectivity index is 1.50. The van der Waals surface area contributed by atoms with E-state index in [0.717, 1.165) is 15.1 Å². The number of sulfonamides is 1. The molecule has 1 aromatic heterocycles. The summed E-state index contributed by atoms with van der Waals surface area (Å²) in [5, 5.41) is 2.86. The molecule has 1 saturated heterocycles. The Labute approximate surface area is 178 Å². The van der Waals surface area contributed by atoms with Crippen LogP contribution in [-0.2, 0) is 14.8 Å². The minimum atomic E-state index is -3.53. The molecule has 1 aromatic carbocycles. The predicted octanol–water partition coefficient (Wildman–Crippen LogP) is 3.41. The zero-order chi connectivity index (χ0) is 20.1. The Morgan fingerprint density at radius 2 is 2.18 bits per heavy atom. The Kier molecular flexibility index (Phi) is 7.14. The Morgan fingerprint density at radius 3 is 2.89 bits per heavy atom. The summed E-state index contributed by atoms with van der Waals surface area (Å²) in [7, 11) is -3.53. The lowest BCUT2D eigenvalue weighted by molar-refractivity contribution is -0.126. The maximum absolute atomic E-state index is 12.8. The summed E-state index contributed by atoms with van der Waals surface area (Å²) in [4.78, 5) is 13.4. The number of rotatable bonds is 7. The van der Waals surface area contributed by atoms with E-state index in [1.807, 2.05) is 31.2 Å². The fraction of sp³-hybridized carbons (Fsp3) is 0.421. The third-order valence-electron chi connectivity index (χ3n) is 4.53. The lowest BCUT2D eigenvalue weighted by Gasteiger charge is -2.30. The Morgan fingerprint density at radius 1 is 1.36 bits per heavy atom. The van der Waals surface area contributed by atoms with Crippen LogP contribution in [0.3, 0.4) is 0 Å². The lowest BCUT2D eigenvalue weighted by Crippen LogP contribution is -2.45. The summed E-state index contributed by atoms with van der Waals surface area (Å²) in [5.74, 6) is 0.264. The van der Waals surface area contributed by atoms with Crippen molar-refractivity contribution in [2.45, 2.75) is 24.0 Å². The van der Waals surface area contributed by atoms with Gasteiger partial charge in [0.25, 0.3) is 10.0 Å². The molecule has 0 radical (unpaired) electrons. The summed E-state index contributed by atoms with van der Waals surface area (Å²) < 4.78 is 33.9. The Hall–Kier alpha value is -1.42. The van der Waals surface area contributed by atoms with Crippen molar-refractivity contribution in [3.05, 3.63) is 45.7 Å². The first-order chi connectivity index (χ1) is 13.4. The molecule has 1 fully saturated rings. The molecule has 1 amide bonds. The summed E-state index contributed by atoms with van der Waals surface area (Å²) in [6.45, 7) is 3.28. The van der Waals surface area contributed by atoms with Gasteiger partial charge in [0.2, 0.25) is 5.91 Å². The maximum Gasteiger partial charge on any atom is 0.252 e. The first kappa shape index (κ1) is 21.3. The van der Waals surface area contributed by atoms with E-state index in [1.54, 1.807) is 12.1 Å². The van der Waals surface area contributed by atoms with Crippen molar-refractivity contribution in [1.82, 2.24) is 9.62 Å². The second-order valence-corrected chi connectivity index (χ2v) is 11.0. The van der Waals surface area contributed by atoms with Gasteiger partial charge in [-0.25, -0.2) is 8.42 Å². The third-order valence-corrected chi connectivity index (χ3v) is 8.36. The average molecular weight is 487 g/mol. The number of ether oxygens (including phenoxy) is 1. The maximum atomic E-state index is 12.8. The zero-order valence-corrected chi connectivity index (χ0v) is 18.8. The van der Waals surface area contributed by atoms with Gasteiger partial charge in [-0.2, -0.15) is 4.31 Å². The van der Waals surface area contributed by atoms with Crippen molar-refractivity contribution in [2.24, 2.45) is 5.92 Å². The summed E-state index contributed by atoms with van der Waals surface area (Å²) in [5.41, 5.74) is 0. The summed E-state index contributed by atoms with van der Waals surface area (Å²) in [6.07, 6.45) is 1.37. The van der Waals surface area contributed by atoms with Crippen molar-refractivity contribution in [2.75, 3.05) is 26.2 Å². The van der Waals surface area contributed by atoms with Gasteiger partial charge < -0.3 is 10.1 Å². The van der Waals surface area contributed by atoms with E-state index >= 15 is 0 Å². The molecule has 9 heteroatoms. The second kappa shape index (κ2) is 9.39. The minimum absolute atomic E-state index is 0.125. The molecule has 3 rings (SSSR count). The number of hydrogen-bond donors (Lipinski definition) is 1. The number of thiophene rings is 1. The lowest BCUT2D eigenvalue weighted by atomic mass is 9.99. The highest BCUT2D eigenvalue weighted by atomic mass is 79.9. The van der Waals surface area contributed by atoms with Crippen LogP contribution in [0, 0.1) is 12.8 Å². The van der Waals surface area contributed by atoms with Gasteiger partial charge in [-0.1, -0.05) is 22.0 Å². The number of nitrogens with zero attached hydrogens (tertiary/aromatic N) is 1.